The second-order valence-electron chi connectivity index (χ2n) is 3.84. The molecule has 0 rings (SSSR count). The Bertz CT molecular complexity index is 142. The largest absolute Gasteiger partial charge is 0.458 e. The van der Waals surface area contributed by atoms with E-state index in [0.717, 1.165) is 11.8 Å². The van der Waals surface area contributed by atoms with Crippen LogP contribution in [0.1, 0.15) is 6.92 Å². The minimum absolute atomic E-state index is 0.129. The molecule has 0 atom stereocenters. The first-order chi connectivity index (χ1) is 5.45. The predicted molar refractivity (Wildman–Crippen MR) is 57.6 cm³/mol. The summed E-state index contributed by atoms with van der Waals surface area (Å²) in [6.45, 7) is 9.36. The maximum atomic E-state index is 10.9. The Morgan fingerprint density at radius 1 is 1.42 bits per heavy atom. The fourth-order valence-corrected chi connectivity index (χ4v) is 1.72. The van der Waals surface area contributed by atoms with Crippen molar-refractivity contribution in [1.29, 1.82) is 0 Å². The van der Waals surface area contributed by atoms with Crippen molar-refractivity contribution in [2.24, 2.45) is 0 Å². The Labute approximate surface area is 80.1 Å². The zero-order valence-electron chi connectivity index (χ0n) is 8.35. The summed E-state index contributed by atoms with van der Waals surface area (Å²) in [6, 6.07) is 1.06. The molecule has 0 aromatic carbocycles. The number of thioether (sulfide) groups is 1. The quantitative estimate of drug-likeness (QED) is 0.522. The van der Waals surface area contributed by atoms with Gasteiger partial charge in [0.25, 0.3) is 0 Å². The van der Waals surface area contributed by atoms with E-state index in [2.05, 4.69) is 19.6 Å². The highest BCUT2D eigenvalue weighted by Gasteiger charge is 2.13. The third-order valence-electron chi connectivity index (χ3n) is 1.33. The molecule has 0 amide bonds. The maximum Gasteiger partial charge on any atom is 0.367 e. The topological polar surface area (TPSA) is 26.3 Å². The van der Waals surface area contributed by atoms with Gasteiger partial charge in [-0.1, -0.05) is 26.6 Å². The molecular formula is C8H18O2SSi. The summed E-state index contributed by atoms with van der Waals surface area (Å²) in [5.74, 6) is 0.797. The fraction of sp³-hybridized carbons (Fsp3) is 0.875. The van der Waals surface area contributed by atoms with Gasteiger partial charge in [0.05, 0.1) is 6.61 Å². The second kappa shape index (κ2) is 5.64. The van der Waals surface area contributed by atoms with Crippen molar-refractivity contribution in [3.8, 4) is 0 Å². The van der Waals surface area contributed by atoms with Crippen LogP contribution in [0.5, 0.6) is 0 Å². The molecule has 0 radical (unpaired) electrons. The van der Waals surface area contributed by atoms with Crippen LogP contribution in [0.15, 0.2) is 0 Å². The number of carbonyl (C=O) groups is 1. The molecule has 4 heteroatoms. The molecule has 2 nitrogen and oxygen atoms in total. The zero-order chi connectivity index (χ0) is 9.61. The highest BCUT2D eigenvalue weighted by atomic mass is 32.2. The first-order valence-electron chi connectivity index (χ1n) is 4.25. The van der Waals surface area contributed by atoms with E-state index in [4.69, 9.17) is 4.74 Å². The molecule has 72 valence electrons. The average molecular weight is 206 g/mol. The molecule has 0 spiro atoms. The summed E-state index contributed by atoms with van der Waals surface area (Å²) < 4.78 is 5.02. The molecule has 0 heterocycles. The van der Waals surface area contributed by atoms with Crippen LogP contribution in [0, 0.1) is 0 Å². The third-order valence-corrected chi connectivity index (χ3v) is 3.68. The van der Waals surface area contributed by atoms with Gasteiger partial charge in [0, 0.05) is 13.8 Å². The van der Waals surface area contributed by atoms with E-state index >= 15 is 0 Å². The summed E-state index contributed by atoms with van der Waals surface area (Å²) in [5.41, 5.74) is 0. The SMILES string of the molecule is CCSC(=O)OCC[Si](C)(C)C. The first-order valence-corrected chi connectivity index (χ1v) is 8.94. The monoisotopic (exact) mass is 206 g/mol. The summed E-state index contributed by atoms with van der Waals surface area (Å²) >= 11 is 1.24. The van der Waals surface area contributed by atoms with Gasteiger partial charge in [-0.3, -0.25) is 0 Å². The highest BCUT2D eigenvalue weighted by molar-refractivity contribution is 8.13. The Hall–Kier alpha value is 0.0369. The zero-order valence-corrected chi connectivity index (χ0v) is 10.2. The predicted octanol–water partition coefficient (Wildman–Crippen LogP) is 3.21. The molecule has 0 aromatic heterocycles. The molecule has 12 heavy (non-hydrogen) atoms. The first kappa shape index (κ1) is 12.0. The maximum absolute atomic E-state index is 10.9. The molecule has 0 bridgehead atoms. The van der Waals surface area contributed by atoms with Crippen molar-refractivity contribution in [2.75, 3.05) is 12.4 Å². The Kier molecular flexibility index (Phi) is 5.66. The third kappa shape index (κ3) is 8.14. The van der Waals surface area contributed by atoms with Crippen LogP contribution < -0.4 is 0 Å². The molecule has 0 aliphatic carbocycles. The van der Waals surface area contributed by atoms with E-state index in [9.17, 15) is 4.79 Å². The lowest BCUT2D eigenvalue weighted by molar-refractivity contribution is 0.181. The van der Waals surface area contributed by atoms with Crippen molar-refractivity contribution in [2.45, 2.75) is 32.6 Å². The molecule has 0 saturated carbocycles. The Morgan fingerprint density at radius 3 is 2.42 bits per heavy atom. The van der Waals surface area contributed by atoms with E-state index in [-0.39, 0.29) is 5.30 Å². The summed E-state index contributed by atoms with van der Waals surface area (Å²) in [5, 5.41) is -0.129. The number of ether oxygens (including phenoxy) is 1. The minimum atomic E-state index is -1.03. The molecule has 0 aliphatic heterocycles. The molecule has 0 N–H and O–H groups in total. The molecular weight excluding hydrogens is 188 g/mol. The lowest BCUT2D eigenvalue weighted by Gasteiger charge is -2.14. The molecule has 0 saturated heterocycles. The summed E-state index contributed by atoms with van der Waals surface area (Å²) in [7, 11) is -1.03. The molecule has 0 aromatic rings. The van der Waals surface area contributed by atoms with Crippen molar-refractivity contribution in [1.82, 2.24) is 0 Å². The van der Waals surface area contributed by atoms with Gasteiger partial charge in [0.2, 0.25) is 0 Å². The van der Waals surface area contributed by atoms with Crippen LogP contribution in [-0.2, 0) is 4.74 Å². The molecule has 0 aliphatic rings. The van der Waals surface area contributed by atoms with Crippen molar-refractivity contribution in [3.05, 3.63) is 0 Å². The van der Waals surface area contributed by atoms with Crippen LogP contribution in [0.25, 0.3) is 0 Å². The Morgan fingerprint density at radius 2 is 2.00 bits per heavy atom. The fourth-order valence-electron chi connectivity index (χ4n) is 0.600. The average Bonchev–Trinajstić information content (AvgIpc) is 1.84. The lowest BCUT2D eigenvalue weighted by Crippen LogP contribution is -2.22. The van der Waals surface area contributed by atoms with Gasteiger partial charge in [0.15, 0.2) is 0 Å². The summed E-state index contributed by atoms with van der Waals surface area (Å²) in [6.07, 6.45) is 0. The van der Waals surface area contributed by atoms with Gasteiger partial charge < -0.3 is 4.74 Å². The second-order valence-corrected chi connectivity index (χ2v) is 10.7. The van der Waals surface area contributed by atoms with Crippen LogP contribution in [0.2, 0.25) is 25.7 Å². The number of hydrogen-bond acceptors (Lipinski definition) is 3. The standard InChI is InChI=1S/C8H18O2SSi/c1-5-11-8(9)10-6-7-12(2,3)4/h5-7H2,1-4H3. The van der Waals surface area contributed by atoms with Crippen LogP contribution in [0.3, 0.4) is 0 Å². The number of hydrogen-bond donors (Lipinski definition) is 0. The van der Waals surface area contributed by atoms with Gasteiger partial charge in [-0.2, -0.15) is 0 Å². The van der Waals surface area contributed by atoms with Crippen molar-refractivity contribution >= 4 is 25.1 Å². The molecule has 0 fully saturated rings. The van der Waals surface area contributed by atoms with Gasteiger partial charge in [-0.15, -0.1) is 0 Å². The smallest absolute Gasteiger partial charge is 0.367 e. The van der Waals surface area contributed by atoms with E-state index in [1.165, 1.54) is 11.8 Å². The van der Waals surface area contributed by atoms with Gasteiger partial charge in [-0.05, 0) is 17.8 Å². The van der Waals surface area contributed by atoms with Crippen molar-refractivity contribution < 1.29 is 9.53 Å². The summed E-state index contributed by atoms with van der Waals surface area (Å²) in [4.78, 5) is 10.9. The van der Waals surface area contributed by atoms with Gasteiger partial charge in [0.1, 0.15) is 0 Å². The van der Waals surface area contributed by atoms with Gasteiger partial charge in [-0.25, -0.2) is 4.79 Å². The normalized spacial score (nSPS) is 11.3. The minimum Gasteiger partial charge on any atom is -0.458 e. The van der Waals surface area contributed by atoms with Gasteiger partial charge >= 0.3 is 5.30 Å². The number of rotatable bonds is 4. The van der Waals surface area contributed by atoms with E-state index in [1.807, 2.05) is 6.92 Å². The van der Waals surface area contributed by atoms with Crippen LogP contribution in [-0.4, -0.2) is 25.7 Å². The lowest BCUT2D eigenvalue weighted by atomic mass is 10.9. The van der Waals surface area contributed by atoms with E-state index < -0.39 is 8.07 Å². The van der Waals surface area contributed by atoms with Crippen LogP contribution in [0.4, 0.5) is 4.79 Å². The molecule has 0 unspecified atom stereocenters. The highest BCUT2D eigenvalue weighted by Crippen LogP contribution is 2.10. The van der Waals surface area contributed by atoms with E-state index in [0.29, 0.717) is 6.61 Å². The Balaban J connectivity index is 3.37. The number of carbonyl (C=O) groups excluding carboxylic acids is 1. The van der Waals surface area contributed by atoms with Crippen molar-refractivity contribution in [3.63, 3.8) is 0 Å². The van der Waals surface area contributed by atoms with E-state index in [1.54, 1.807) is 0 Å². The van der Waals surface area contributed by atoms with Crippen LogP contribution >= 0.6 is 11.8 Å².